The smallest absolute Gasteiger partial charge is 0.309 e. The molecule has 0 aromatic heterocycles. The largest absolute Gasteiger partial charge is 0.348 e. The van der Waals surface area contributed by atoms with Crippen LogP contribution in [0.3, 0.4) is 0 Å². The molecule has 0 bridgehead atoms. The third-order valence-corrected chi connectivity index (χ3v) is 2.68. The van der Waals surface area contributed by atoms with Gasteiger partial charge in [0.25, 0.3) is 0 Å². The van der Waals surface area contributed by atoms with Crippen molar-refractivity contribution in [1.29, 1.82) is 0 Å². The van der Waals surface area contributed by atoms with Gasteiger partial charge in [-0.3, -0.25) is 9.59 Å². The normalized spacial score (nSPS) is 11.7. The number of carbonyl (C=O) groups is 2. The fraction of sp³-hybridized carbons (Fsp3) is 0.429. The SMILES string of the molecule is CCCNC(=O)C(=O)NC[C@@H](C)c1ccccc1. The lowest BCUT2D eigenvalue weighted by molar-refractivity contribution is -0.139. The number of benzene rings is 1. The lowest BCUT2D eigenvalue weighted by Gasteiger charge is -2.12. The third-order valence-electron chi connectivity index (χ3n) is 2.68. The molecule has 0 fully saturated rings. The molecule has 0 aliphatic rings. The molecule has 98 valence electrons. The second-order valence-electron chi connectivity index (χ2n) is 4.28. The van der Waals surface area contributed by atoms with Crippen LogP contribution in [0.1, 0.15) is 31.7 Å². The average molecular weight is 248 g/mol. The number of rotatable bonds is 5. The Hall–Kier alpha value is -1.84. The molecule has 1 aromatic rings. The molecule has 0 saturated carbocycles. The van der Waals surface area contributed by atoms with E-state index >= 15 is 0 Å². The van der Waals surface area contributed by atoms with Crippen LogP contribution in [-0.4, -0.2) is 24.9 Å². The maximum Gasteiger partial charge on any atom is 0.309 e. The molecule has 0 saturated heterocycles. The molecule has 1 rings (SSSR count). The minimum absolute atomic E-state index is 0.189. The van der Waals surface area contributed by atoms with E-state index in [-0.39, 0.29) is 5.92 Å². The predicted octanol–water partition coefficient (Wildman–Crippen LogP) is 1.43. The summed E-state index contributed by atoms with van der Waals surface area (Å²) in [5, 5.41) is 5.18. The summed E-state index contributed by atoms with van der Waals surface area (Å²) in [7, 11) is 0. The predicted molar refractivity (Wildman–Crippen MR) is 71.2 cm³/mol. The first kappa shape index (κ1) is 14.2. The van der Waals surface area contributed by atoms with Crippen molar-refractivity contribution in [1.82, 2.24) is 10.6 Å². The van der Waals surface area contributed by atoms with Crippen LogP contribution in [0.25, 0.3) is 0 Å². The zero-order chi connectivity index (χ0) is 13.4. The zero-order valence-electron chi connectivity index (χ0n) is 10.9. The molecule has 0 radical (unpaired) electrons. The fourth-order valence-corrected chi connectivity index (χ4v) is 1.54. The third kappa shape index (κ3) is 4.57. The average Bonchev–Trinajstić information content (AvgIpc) is 2.42. The van der Waals surface area contributed by atoms with Crippen molar-refractivity contribution in [2.24, 2.45) is 0 Å². The Morgan fingerprint density at radius 1 is 1.11 bits per heavy atom. The summed E-state index contributed by atoms with van der Waals surface area (Å²) in [6.07, 6.45) is 0.819. The van der Waals surface area contributed by atoms with Gasteiger partial charge >= 0.3 is 11.8 Å². The van der Waals surface area contributed by atoms with Crippen molar-refractivity contribution >= 4 is 11.8 Å². The lowest BCUT2D eigenvalue weighted by Crippen LogP contribution is -2.41. The van der Waals surface area contributed by atoms with Crippen molar-refractivity contribution in [2.45, 2.75) is 26.2 Å². The number of nitrogens with one attached hydrogen (secondary N) is 2. The molecular weight excluding hydrogens is 228 g/mol. The van der Waals surface area contributed by atoms with Gasteiger partial charge in [-0.15, -0.1) is 0 Å². The summed E-state index contributed by atoms with van der Waals surface area (Å²) in [6.45, 7) is 4.94. The highest BCUT2D eigenvalue weighted by molar-refractivity contribution is 6.35. The van der Waals surface area contributed by atoms with Crippen molar-refractivity contribution in [2.75, 3.05) is 13.1 Å². The number of hydrogen-bond donors (Lipinski definition) is 2. The van der Waals surface area contributed by atoms with Crippen LogP contribution < -0.4 is 10.6 Å². The zero-order valence-corrected chi connectivity index (χ0v) is 10.9. The molecule has 1 atom stereocenters. The van der Waals surface area contributed by atoms with Gasteiger partial charge in [0, 0.05) is 13.1 Å². The van der Waals surface area contributed by atoms with E-state index in [0.717, 1.165) is 12.0 Å². The van der Waals surface area contributed by atoms with Crippen molar-refractivity contribution in [3.8, 4) is 0 Å². The van der Waals surface area contributed by atoms with Gasteiger partial charge in [0.1, 0.15) is 0 Å². The summed E-state index contributed by atoms with van der Waals surface area (Å²) in [5.41, 5.74) is 1.15. The summed E-state index contributed by atoms with van der Waals surface area (Å²) < 4.78 is 0. The monoisotopic (exact) mass is 248 g/mol. The molecule has 0 aliphatic carbocycles. The Morgan fingerprint density at radius 2 is 1.72 bits per heavy atom. The van der Waals surface area contributed by atoms with Gasteiger partial charge in [-0.05, 0) is 17.9 Å². The van der Waals surface area contributed by atoms with Crippen LogP contribution >= 0.6 is 0 Å². The first-order valence-corrected chi connectivity index (χ1v) is 6.26. The van der Waals surface area contributed by atoms with Gasteiger partial charge in [0.15, 0.2) is 0 Å². The number of amides is 2. The van der Waals surface area contributed by atoms with Gasteiger partial charge in [0.05, 0.1) is 0 Å². The number of hydrogen-bond acceptors (Lipinski definition) is 2. The Morgan fingerprint density at radius 3 is 2.33 bits per heavy atom. The van der Waals surface area contributed by atoms with Gasteiger partial charge in [-0.2, -0.15) is 0 Å². The van der Waals surface area contributed by atoms with Crippen LogP contribution in [0.2, 0.25) is 0 Å². The van der Waals surface area contributed by atoms with Crippen LogP contribution in [0.5, 0.6) is 0 Å². The lowest BCUT2D eigenvalue weighted by atomic mass is 10.0. The van der Waals surface area contributed by atoms with E-state index in [4.69, 9.17) is 0 Å². The topological polar surface area (TPSA) is 58.2 Å². The van der Waals surface area contributed by atoms with Crippen molar-refractivity contribution < 1.29 is 9.59 Å². The molecule has 0 unspecified atom stereocenters. The van der Waals surface area contributed by atoms with E-state index in [1.807, 2.05) is 44.2 Å². The van der Waals surface area contributed by atoms with E-state index in [2.05, 4.69) is 10.6 Å². The van der Waals surface area contributed by atoms with Crippen LogP contribution in [0.4, 0.5) is 0 Å². The second-order valence-corrected chi connectivity index (χ2v) is 4.28. The summed E-state index contributed by atoms with van der Waals surface area (Å²) in [6, 6.07) is 9.89. The molecular formula is C14H20N2O2. The molecule has 0 heterocycles. The summed E-state index contributed by atoms with van der Waals surface area (Å²) in [4.78, 5) is 22.8. The number of carbonyl (C=O) groups excluding carboxylic acids is 2. The molecule has 1 aromatic carbocycles. The maximum absolute atomic E-state index is 11.5. The molecule has 18 heavy (non-hydrogen) atoms. The molecule has 2 N–H and O–H groups in total. The van der Waals surface area contributed by atoms with E-state index in [1.54, 1.807) is 0 Å². The molecule has 4 nitrogen and oxygen atoms in total. The first-order chi connectivity index (χ1) is 8.65. The van der Waals surface area contributed by atoms with E-state index in [1.165, 1.54) is 0 Å². The highest BCUT2D eigenvalue weighted by Crippen LogP contribution is 2.12. The molecule has 0 aliphatic heterocycles. The van der Waals surface area contributed by atoms with Crippen LogP contribution in [0, 0.1) is 0 Å². The Labute approximate surface area is 108 Å². The highest BCUT2D eigenvalue weighted by atomic mass is 16.2. The van der Waals surface area contributed by atoms with Gasteiger partial charge in [-0.1, -0.05) is 44.2 Å². The van der Waals surface area contributed by atoms with E-state index < -0.39 is 11.8 Å². The maximum atomic E-state index is 11.5. The van der Waals surface area contributed by atoms with Gasteiger partial charge < -0.3 is 10.6 Å². The second kappa shape index (κ2) is 7.48. The van der Waals surface area contributed by atoms with Crippen LogP contribution in [0.15, 0.2) is 30.3 Å². The van der Waals surface area contributed by atoms with Crippen LogP contribution in [-0.2, 0) is 9.59 Å². The summed E-state index contributed by atoms with van der Waals surface area (Å²) in [5.74, 6) is -0.933. The summed E-state index contributed by atoms with van der Waals surface area (Å²) >= 11 is 0. The molecule has 4 heteroatoms. The standard InChI is InChI=1S/C14H20N2O2/c1-3-9-15-13(17)14(18)16-10-11(2)12-7-5-4-6-8-12/h4-8,11H,3,9-10H2,1-2H3,(H,15,17)(H,16,18)/t11-/m1/s1. The minimum Gasteiger partial charge on any atom is -0.348 e. The van der Waals surface area contributed by atoms with Crippen molar-refractivity contribution in [3.63, 3.8) is 0 Å². The molecule has 0 spiro atoms. The van der Waals surface area contributed by atoms with Crippen molar-refractivity contribution in [3.05, 3.63) is 35.9 Å². The first-order valence-electron chi connectivity index (χ1n) is 6.26. The Bertz CT molecular complexity index is 390. The van der Waals surface area contributed by atoms with Gasteiger partial charge in [0.2, 0.25) is 0 Å². The fourth-order valence-electron chi connectivity index (χ4n) is 1.54. The Kier molecular flexibility index (Phi) is 5.91. The minimum atomic E-state index is -0.564. The van der Waals surface area contributed by atoms with E-state index in [9.17, 15) is 9.59 Å². The van der Waals surface area contributed by atoms with E-state index in [0.29, 0.717) is 13.1 Å². The molecule has 2 amide bonds. The highest BCUT2D eigenvalue weighted by Gasteiger charge is 2.13. The van der Waals surface area contributed by atoms with Gasteiger partial charge in [-0.25, -0.2) is 0 Å². The quantitative estimate of drug-likeness (QED) is 0.774. The Balaban J connectivity index is 2.36.